The third-order valence-corrected chi connectivity index (χ3v) is 4.44. The number of amides is 2. The molecule has 0 bridgehead atoms. The van der Waals surface area contributed by atoms with Gasteiger partial charge in [0.05, 0.1) is 5.92 Å². The fourth-order valence-corrected chi connectivity index (χ4v) is 3.15. The highest BCUT2D eigenvalue weighted by Gasteiger charge is 2.35. The minimum atomic E-state index is -0.365. The molecule has 124 valence electrons. The van der Waals surface area contributed by atoms with Crippen LogP contribution in [0.4, 0.5) is 5.69 Å². The maximum absolute atomic E-state index is 12.3. The molecule has 1 saturated heterocycles. The molecule has 1 N–H and O–H groups in total. The molecule has 1 aliphatic rings. The van der Waals surface area contributed by atoms with E-state index >= 15 is 0 Å². The lowest BCUT2D eigenvalue weighted by atomic mass is 10.1. The van der Waals surface area contributed by atoms with Gasteiger partial charge in [-0.2, -0.15) is 0 Å². The summed E-state index contributed by atoms with van der Waals surface area (Å²) < 4.78 is 0. The molecule has 2 aromatic carbocycles. The first-order chi connectivity index (χ1) is 11.5. The molecule has 24 heavy (non-hydrogen) atoms. The van der Waals surface area contributed by atoms with E-state index in [1.807, 2.05) is 18.2 Å². The standard InChI is InChI=1S/C18H16Cl2N2O2/c19-14-4-1-3-12(7-14)10-21-18(24)13-8-17(23)22(11-13)16-6-2-5-15(20)9-16/h1-7,9,13H,8,10-11H2,(H,21,24)/t13-/m0/s1. The summed E-state index contributed by atoms with van der Waals surface area (Å²) in [7, 11) is 0. The van der Waals surface area contributed by atoms with E-state index in [2.05, 4.69) is 5.32 Å². The SMILES string of the molecule is O=C(NCc1cccc(Cl)c1)[C@H]1CC(=O)N(c2cccc(Cl)c2)C1. The fraction of sp³-hybridized carbons (Fsp3) is 0.222. The van der Waals surface area contributed by atoms with Crippen molar-refractivity contribution < 1.29 is 9.59 Å². The van der Waals surface area contributed by atoms with Crippen LogP contribution in [0.3, 0.4) is 0 Å². The summed E-state index contributed by atoms with van der Waals surface area (Å²) in [5, 5.41) is 4.06. The molecule has 0 saturated carbocycles. The molecule has 0 radical (unpaired) electrons. The Hall–Kier alpha value is -2.04. The lowest BCUT2D eigenvalue weighted by molar-refractivity contribution is -0.126. The summed E-state index contributed by atoms with van der Waals surface area (Å²) in [5.74, 6) is -0.566. The molecule has 0 aromatic heterocycles. The van der Waals surface area contributed by atoms with Crippen molar-refractivity contribution in [3.63, 3.8) is 0 Å². The van der Waals surface area contributed by atoms with E-state index in [0.717, 1.165) is 11.3 Å². The van der Waals surface area contributed by atoms with E-state index in [9.17, 15) is 9.59 Å². The number of anilines is 1. The second kappa shape index (κ2) is 7.24. The van der Waals surface area contributed by atoms with Gasteiger partial charge in [-0.3, -0.25) is 9.59 Å². The molecule has 0 spiro atoms. The van der Waals surface area contributed by atoms with Gasteiger partial charge in [-0.15, -0.1) is 0 Å². The molecule has 3 rings (SSSR count). The second-order valence-corrected chi connectivity index (χ2v) is 6.61. The van der Waals surface area contributed by atoms with Gasteiger partial charge in [-0.1, -0.05) is 41.4 Å². The van der Waals surface area contributed by atoms with Crippen LogP contribution in [0.15, 0.2) is 48.5 Å². The van der Waals surface area contributed by atoms with E-state index in [-0.39, 0.29) is 24.2 Å². The number of halogens is 2. The van der Waals surface area contributed by atoms with E-state index in [0.29, 0.717) is 23.1 Å². The largest absolute Gasteiger partial charge is 0.352 e. The molecule has 6 heteroatoms. The first-order valence-electron chi connectivity index (χ1n) is 7.61. The summed E-state index contributed by atoms with van der Waals surface area (Å²) in [4.78, 5) is 26.2. The van der Waals surface area contributed by atoms with Crippen LogP contribution in [0.1, 0.15) is 12.0 Å². The van der Waals surface area contributed by atoms with Gasteiger partial charge >= 0.3 is 0 Å². The minimum absolute atomic E-state index is 0.0693. The molecular weight excluding hydrogens is 347 g/mol. The van der Waals surface area contributed by atoms with Crippen molar-refractivity contribution in [2.75, 3.05) is 11.4 Å². The van der Waals surface area contributed by atoms with Crippen LogP contribution in [0.25, 0.3) is 0 Å². The Labute approximate surface area is 150 Å². The summed E-state index contributed by atoms with van der Waals surface area (Å²) in [6.07, 6.45) is 0.202. The number of nitrogens with one attached hydrogen (secondary N) is 1. The van der Waals surface area contributed by atoms with Gasteiger partial charge in [0.15, 0.2) is 0 Å². The number of carbonyl (C=O) groups is 2. The topological polar surface area (TPSA) is 49.4 Å². The van der Waals surface area contributed by atoms with Gasteiger partial charge in [0.2, 0.25) is 11.8 Å². The Bertz CT molecular complexity index is 779. The molecule has 4 nitrogen and oxygen atoms in total. The monoisotopic (exact) mass is 362 g/mol. The number of carbonyl (C=O) groups excluding carboxylic acids is 2. The van der Waals surface area contributed by atoms with Gasteiger partial charge < -0.3 is 10.2 Å². The van der Waals surface area contributed by atoms with Crippen molar-refractivity contribution in [1.29, 1.82) is 0 Å². The minimum Gasteiger partial charge on any atom is -0.352 e. The van der Waals surface area contributed by atoms with Gasteiger partial charge in [0, 0.05) is 35.2 Å². The zero-order chi connectivity index (χ0) is 17.1. The van der Waals surface area contributed by atoms with Gasteiger partial charge in [0.25, 0.3) is 0 Å². The van der Waals surface area contributed by atoms with Crippen molar-refractivity contribution in [3.8, 4) is 0 Å². The first kappa shape index (κ1) is 16.8. The molecule has 2 amide bonds. The van der Waals surface area contributed by atoms with Gasteiger partial charge in [-0.25, -0.2) is 0 Å². The number of benzene rings is 2. The molecule has 2 aromatic rings. The highest BCUT2D eigenvalue weighted by atomic mass is 35.5. The number of hydrogen-bond donors (Lipinski definition) is 1. The zero-order valence-electron chi connectivity index (χ0n) is 12.8. The number of nitrogens with zero attached hydrogens (tertiary/aromatic N) is 1. The Morgan fingerprint density at radius 3 is 2.54 bits per heavy atom. The maximum atomic E-state index is 12.3. The summed E-state index contributed by atoms with van der Waals surface area (Å²) in [5.41, 5.74) is 1.64. The average Bonchev–Trinajstić information content (AvgIpc) is 2.95. The van der Waals surface area contributed by atoms with Crippen LogP contribution in [-0.2, 0) is 16.1 Å². The van der Waals surface area contributed by atoms with E-state index in [1.54, 1.807) is 35.2 Å². The Balaban J connectivity index is 1.61. The van der Waals surface area contributed by atoms with E-state index in [1.165, 1.54) is 0 Å². The van der Waals surface area contributed by atoms with Crippen LogP contribution in [0, 0.1) is 5.92 Å². The molecule has 0 aliphatic carbocycles. The van der Waals surface area contributed by atoms with Crippen LogP contribution < -0.4 is 10.2 Å². The fourth-order valence-electron chi connectivity index (χ4n) is 2.76. The Morgan fingerprint density at radius 2 is 1.83 bits per heavy atom. The van der Waals surface area contributed by atoms with E-state index < -0.39 is 0 Å². The summed E-state index contributed by atoms with van der Waals surface area (Å²) >= 11 is 11.9. The van der Waals surface area contributed by atoms with Crippen molar-refractivity contribution >= 4 is 40.7 Å². The first-order valence-corrected chi connectivity index (χ1v) is 8.36. The molecule has 0 unspecified atom stereocenters. The molecule has 1 heterocycles. The van der Waals surface area contributed by atoms with Crippen molar-refractivity contribution in [2.45, 2.75) is 13.0 Å². The molecule has 1 atom stereocenters. The Morgan fingerprint density at radius 1 is 1.12 bits per heavy atom. The van der Waals surface area contributed by atoms with Crippen molar-refractivity contribution in [1.82, 2.24) is 5.32 Å². The van der Waals surface area contributed by atoms with Crippen LogP contribution in [0.2, 0.25) is 10.0 Å². The Kier molecular flexibility index (Phi) is 5.07. The van der Waals surface area contributed by atoms with Crippen LogP contribution in [0.5, 0.6) is 0 Å². The lowest BCUT2D eigenvalue weighted by Crippen LogP contribution is -2.32. The highest BCUT2D eigenvalue weighted by Crippen LogP contribution is 2.27. The smallest absolute Gasteiger partial charge is 0.227 e. The third kappa shape index (κ3) is 3.89. The van der Waals surface area contributed by atoms with Crippen LogP contribution in [-0.4, -0.2) is 18.4 Å². The highest BCUT2D eigenvalue weighted by molar-refractivity contribution is 6.31. The van der Waals surface area contributed by atoms with Crippen molar-refractivity contribution in [2.24, 2.45) is 5.92 Å². The number of rotatable bonds is 4. The number of hydrogen-bond acceptors (Lipinski definition) is 2. The predicted molar refractivity (Wildman–Crippen MR) is 95.2 cm³/mol. The van der Waals surface area contributed by atoms with E-state index in [4.69, 9.17) is 23.2 Å². The quantitative estimate of drug-likeness (QED) is 0.901. The van der Waals surface area contributed by atoms with Gasteiger partial charge in [0.1, 0.15) is 0 Å². The van der Waals surface area contributed by atoms with Crippen LogP contribution >= 0.6 is 23.2 Å². The lowest BCUT2D eigenvalue weighted by Gasteiger charge is -2.17. The average molecular weight is 363 g/mol. The summed E-state index contributed by atoms with van der Waals surface area (Å²) in [6.45, 7) is 0.752. The summed E-state index contributed by atoms with van der Waals surface area (Å²) in [6, 6.07) is 14.4. The normalized spacial score (nSPS) is 17.2. The molecule has 1 fully saturated rings. The second-order valence-electron chi connectivity index (χ2n) is 5.73. The molecular formula is C18H16Cl2N2O2. The predicted octanol–water partition coefficient (Wildman–Crippen LogP) is 3.66. The molecule has 1 aliphatic heterocycles. The van der Waals surface area contributed by atoms with Gasteiger partial charge in [-0.05, 0) is 35.9 Å². The zero-order valence-corrected chi connectivity index (χ0v) is 14.3. The van der Waals surface area contributed by atoms with Crippen molar-refractivity contribution in [3.05, 3.63) is 64.1 Å². The third-order valence-electron chi connectivity index (χ3n) is 3.97. The maximum Gasteiger partial charge on any atom is 0.227 e.